The van der Waals surface area contributed by atoms with E-state index in [0.29, 0.717) is 24.3 Å². The summed E-state index contributed by atoms with van der Waals surface area (Å²) in [7, 11) is -3.46. The fourth-order valence-electron chi connectivity index (χ4n) is 4.75. The van der Waals surface area contributed by atoms with Crippen molar-refractivity contribution in [2.75, 3.05) is 29.9 Å². The van der Waals surface area contributed by atoms with E-state index < -0.39 is 10.0 Å². The van der Waals surface area contributed by atoms with Gasteiger partial charge in [-0.05, 0) is 79.3 Å². The van der Waals surface area contributed by atoms with E-state index in [0.717, 1.165) is 44.3 Å². The lowest BCUT2D eigenvalue weighted by Crippen LogP contribution is -2.28. The molecule has 34 heavy (non-hydrogen) atoms. The quantitative estimate of drug-likeness (QED) is 0.562. The molecule has 0 atom stereocenters. The highest BCUT2D eigenvalue weighted by Crippen LogP contribution is 2.28. The first-order chi connectivity index (χ1) is 16.5. The summed E-state index contributed by atoms with van der Waals surface area (Å²) < 4.78 is 26.9. The van der Waals surface area contributed by atoms with Crippen LogP contribution >= 0.6 is 0 Å². The Kier molecular flexibility index (Phi) is 6.39. The first-order valence-corrected chi connectivity index (χ1v) is 13.3. The smallest absolute Gasteiger partial charge is 0.255 e. The molecular weight excluding hydrogens is 446 g/mol. The number of aryl methyl sites for hydroxylation is 1. The minimum atomic E-state index is -3.46. The minimum absolute atomic E-state index is 0.218. The maximum absolute atomic E-state index is 12.7. The fourth-order valence-corrected chi connectivity index (χ4v) is 6.27. The standard InChI is InChI=1S/C27H29N3O3S/c31-27(28-24-13-15-25(16-14-24)34(32,33)30-18-3-4-19-30)23-11-9-21(10-12-23)20-29-17-5-7-22-6-1-2-8-26(22)29/h1-2,6,8-16H,3-5,7,17-20H2,(H,28,31). The van der Waals surface area contributed by atoms with Gasteiger partial charge in [-0.25, -0.2) is 8.42 Å². The van der Waals surface area contributed by atoms with Gasteiger partial charge < -0.3 is 10.2 Å². The number of hydrogen-bond acceptors (Lipinski definition) is 4. The third-order valence-corrected chi connectivity index (χ3v) is 8.52. The van der Waals surface area contributed by atoms with E-state index in [-0.39, 0.29) is 10.8 Å². The minimum Gasteiger partial charge on any atom is -0.367 e. The van der Waals surface area contributed by atoms with Gasteiger partial charge in [-0.15, -0.1) is 0 Å². The highest BCUT2D eigenvalue weighted by molar-refractivity contribution is 7.89. The molecule has 176 valence electrons. The van der Waals surface area contributed by atoms with Crippen molar-refractivity contribution in [3.63, 3.8) is 0 Å². The van der Waals surface area contributed by atoms with Crippen molar-refractivity contribution in [3.8, 4) is 0 Å². The average Bonchev–Trinajstić information content (AvgIpc) is 3.41. The molecule has 1 fully saturated rings. The Balaban J connectivity index is 1.22. The first-order valence-electron chi connectivity index (χ1n) is 11.8. The highest BCUT2D eigenvalue weighted by atomic mass is 32.2. The van der Waals surface area contributed by atoms with Crippen LogP contribution in [-0.2, 0) is 23.0 Å². The van der Waals surface area contributed by atoms with Gasteiger partial charge >= 0.3 is 0 Å². The van der Waals surface area contributed by atoms with Crippen molar-refractivity contribution >= 4 is 27.3 Å². The Morgan fingerprint density at radius 1 is 0.824 bits per heavy atom. The fraction of sp³-hybridized carbons (Fsp3) is 0.296. The molecule has 0 spiro atoms. The number of amides is 1. The van der Waals surface area contributed by atoms with Crippen LogP contribution in [0.4, 0.5) is 11.4 Å². The van der Waals surface area contributed by atoms with Crippen LogP contribution in [0.1, 0.15) is 40.7 Å². The summed E-state index contributed by atoms with van der Waals surface area (Å²) >= 11 is 0. The van der Waals surface area contributed by atoms with Crippen molar-refractivity contribution in [3.05, 3.63) is 89.5 Å². The van der Waals surface area contributed by atoms with Gasteiger partial charge in [-0.2, -0.15) is 4.31 Å². The molecule has 2 aliphatic heterocycles. The van der Waals surface area contributed by atoms with E-state index in [9.17, 15) is 13.2 Å². The molecule has 1 N–H and O–H groups in total. The van der Waals surface area contributed by atoms with E-state index >= 15 is 0 Å². The lowest BCUT2D eigenvalue weighted by Gasteiger charge is -2.31. The van der Waals surface area contributed by atoms with E-state index in [2.05, 4.69) is 34.5 Å². The van der Waals surface area contributed by atoms with Crippen molar-refractivity contribution in [1.29, 1.82) is 0 Å². The summed E-state index contributed by atoms with van der Waals surface area (Å²) in [5, 5.41) is 2.86. The number of nitrogens with zero attached hydrogens (tertiary/aromatic N) is 2. The van der Waals surface area contributed by atoms with Gasteiger partial charge in [0.15, 0.2) is 0 Å². The van der Waals surface area contributed by atoms with Crippen LogP contribution in [0.25, 0.3) is 0 Å². The molecule has 0 bridgehead atoms. The zero-order valence-corrected chi connectivity index (χ0v) is 19.9. The van der Waals surface area contributed by atoms with E-state index in [1.807, 2.05) is 24.3 Å². The Bertz CT molecular complexity index is 1270. The molecule has 7 heteroatoms. The lowest BCUT2D eigenvalue weighted by atomic mass is 10.0. The SMILES string of the molecule is O=C(Nc1ccc(S(=O)(=O)N2CCCC2)cc1)c1ccc(CN2CCCc3ccccc32)cc1. The number of carbonyl (C=O) groups excluding carboxylic acids is 1. The normalized spacial score (nSPS) is 16.3. The van der Waals surface area contributed by atoms with Gasteiger partial charge in [0, 0.05) is 43.1 Å². The molecule has 1 saturated heterocycles. The summed E-state index contributed by atoms with van der Waals surface area (Å²) in [4.78, 5) is 15.4. The molecule has 0 aliphatic carbocycles. The molecule has 2 aliphatic rings. The van der Waals surface area contributed by atoms with Gasteiger partial charge in [0.05, 0.1) is 4.90 Å². The molecule has 3 aromatic carbocycles. The zero-order chi connectivity index (χ0) is 23.5. The molecule has 6 nitrogen and oxygen atoms in total. The highest BCUT2D eigenvalue weighted by Gasteiger charge is 2.27. The van der Waals surface area contributed by atoms with E-state index in [4.69, 9.17) is 0 Å². The van der Waals surface area contributed by atoms with Crippen LogP contribution in [0.2, 0.25) is 0 Å². The predicted octanol–water partition coefficient (Wildman–Crippen LogP) is 4.68. The van der Waals surface area contributed by atoms with Crippen molar-refractivity contribution in [2.24, 2.45) is 0 Å². The molecular formula is C27H29N3O3S. The predicted molar refractivity (Wildman–Crippen MR) is 135 cm³/mol. The number of para-hydroxylation sites is 1. The molecule has 0 unspecified atom stereocenters. The molecule has 5 rings (SSSR count). The average molecular weight is 476 g/mol. The van der Waals surface area contributed by atoms with Crippen LogP contribution < -0.4 is 10.2 Å². The Hall–Kier alpha value is -3.16. The van der Waals surface area contributed by atoms with Crippen LogP contribution in [-0.4, -0.2) is 38.3 Å². The molecule has 0 radical (unpaired) electrons. The third-order valence-electron chi connectivity index (χ3n) is 6.61. The second-order valence-corrected chi connectivity index (χ2v) is 10.9. The maximum atomic E-state index is 12.7. The van der Waals surface area contributed by atoms with Gasteiger partial charge in [-0.1, -0.05) is 30.3 Å². The number of anilines is 2. The summed E-state index contributed by atoms with van der Waals surface area (Å²) in [6, 6.07) is 22.6. The number of carbonyl (C=O) groups is 1. The van der Waals surface area contributed by atoms with Gasteiger partial charge in [0.25, 0.3) is 5.91 Å². The largest absolute Gasteiger partial charge is 0.367 e. The summed E-state index contributed by atoms with van der Waals surface area (Å²) in [5.74, 6) is -0.218. The summed E-state index contributed by atoms with van der Waals surface area (Å²) in [6.45, 7) is 2.98. The van der Waals surface area contributed by atoms with Crippen LogP contribution in [0, 0.1) is 0 Å². The van der Waals surface area contributed by atoms with Crippen molar-refractivity contribution in [1.82, 2.24) is 4.31 Å². The van der Waals surface area contributed by atoms with Gasteiger partial charge in [-0.3, -0.25) is 4.79 Å². The molecule has 0 aromatic heterocycles. The number of fused-ring (bicyclic) bond motifs is 1. The third kappa shape index (κ3) is 4.72. The van der Waals surface area contributed by atoms with Gasteiger partial charge in [0.2, 0.25) is 10.0 Å². The lowest BCUT2D eigenvalue weighted by molar-refractivity contribution is 0.102. The number of hydrogen-bond donors (Lipinski definition) is 1. The van der Waals surface area contributed by atoms with Crippen molar-refractivity contribution < 1.29 is 13.2 Å². The molecule has 0 saturated carbocycles. The molecule has 1 amide bonds. The second-order valence-electron chi connectivity index (χ2n) is 8.94. The molecule has 2 heterocycles. The number of sulfonamides is 1. The monoisotopic (exact) mass is 475 g/mol. The van der Waals surface area contributed by atoms with E-state index in [1.165, 1.54) is 15.6 Å². The van der Waals surface area contributed by atoms with Crippen LogP contribution in [0.5, 0.6) is 0 Å². The van der Waals surface area contributed by atoms with Crippen LogP contribution in [0.3, 0.4) is 0 Å². The second kappa shape index (κ2) is 9.60. The number of benzene rings is 3. The molecule has 3 aromatic rings. The van der Waals surface area contributed by atoms with Crippen LogP contribution in [0.15, 0.2) is 77.7 Å². The Labute approximate surface area is 201 Å². The Morgan fingerprint density at radius 2 is 1.53 bits per heavy atom. The van der Waals surface area contributed by atoms with Crippen molar-refractivity contribution in [2.45, 2.75) is 37.1 Å². The number of rotatable bonds is 6. The summed E-state index contributed by atoms with van der Waals surface area (Å²) in [5.41, 5.74) is 4.98. The summed E-state index contributed by atoms with van der Waals surface area (Å²) in [6.07, 6.45) is 4.07. The number of nitrogens with one attached hydrogen (secondary N) is 1. The van der Waals surface area contributed by atoms with E-state index in [1.54, 1.807) is 24.3 Å². The topological polar surface area (TPSA) is 69.7 Å². The first kappa shape index (κ1) is 22.6. The zero-order valence-electron chi connectivity index (χ0n) is 19.1. The maximum Gasteiger partial charge on any atom is 0.255 e. The Morgan fingerprint density at radius 3 is 2.26 bits per heavy atom. The van der Waals surface area contributed by atoms with Gasteiger partial charge in [0.1, 0.15) is 0 Å².